The van der Waals surface area contributed by atoms with Crippen LogP contribution in [0.1, 0.15) is 6.92 Å². The number of amides is 1. The second-order valence-electron chi connectivity index (χ2n) is 4.50. The smallest absolute Gasteiger partial charge is 0.226 e. The summed E-state index contributed by atoms with van der Waals surface area (Å²) in [6, 6.07) is 6.24. The van der Waals surface area contributed by atoms with Crippen molar-refractivity contribution in [3.8, 4) is 5.75 Å². The van der Waals surface area contributed by atoms with Crippen LogP contribution in [0.15, 0.2) is 24.3 Å². The van der Waals surface area contributed by atoms with Crippen LogP contribution in [0.4, 0.5) is 4.39 Å². The van der Waals surface area contributed by atoms with Crippen molar-refractivity contribution in [3.05, 3.63) is 30.1 Å². The highest BCUT2D eigenvalue weighted by Gasteiger charge is 2.16. The van der Waals surface area contributed by atoms with Gasteiger partial charge in [0.25, 0.3) is 0 Å². The van der Waals surface area contributed by atoms with E-state index in [-0.39, 0.29) is 42.4 Å². The SMILES string of the molecule is CNCC(C)C(=O)N(C)CCOc1ccccc1F.Cl. The molecule has 0 spiro atoms. The number of carbonyl (C=O) groups excluding carboxylic acids is 1. The number of rotatable bonds is 7. The van der Waals surface area contributed by atoms with Gasteiger partial charge in [-0.25, -0.2) is 4.39 Å². The van der Waals surface area contributed by atoms with Crippen molar-refractivity contribution in [2.45, 2.75) is 6.92 Å². The molecule has 0 saturated carbocycles. The summed E-state index contributed by atoms with van der Waals surface area (Å²) in [5.41, 5.74) is 0. The third kappa shape index (κ3) is 5.75. The molecule has 0 fully saturated rings. The first-order chi connectivity index (χ1) is 9.06. The van der Waals surface area contributed by atoms with Crippen LogP contribution in [0.2, 0.25) is 0 Å². The fourth-order valence-corrected chi connectivity index (χ4v) is 1.73. The number of para-hydroxylation sites is 1. The first-order valence-electron chi connectivity index (χ1n) is 6.33. The number of likely N-dealkylation sites (N-methyl/N-ethyl adjacent to an activating group) is 1. The van der Waals surface area contributed by atoms with Gasteiger partial charge in [0.05, 0.1) is 6.54 Å². The second kappa shape index (κ2) is 9.55. The molecule has 20 heavy (non-hydrogen) atoms. The van der Waals surface area contributed by atoms with Gasteiger partial charge in [-0.3, -0.25) is 4.79 Å². The molecule has 1 rings (SSSR count). The number of carbonyl (C=O) groups is 1. The Labute approximate surface area is 125 Å². The number of hydrogen-bond acceptors (Lipinski definition) is 3. The first-order valence-corrected chi connectivity index (χ1v) is 6.33. The molecule has 1 atom stereocenters. The van der Waals surface area contributed by atoms with E-state index in [2.05, 4.69) is 5.32 Å². The summed E-state index contributed by atoms with van der Waals surface area (Å²) in [4.78, 5) is 13.5. The van der Waals surface area contributed by atoms with E-state index >= 15 is 0 Å². The lowest BCUT2D eigenvalue weighted by atomic mass is 10.1. The number of benzene rings is 1. The lowest BCUT2D eigenvalue weighted by Crippen LogP contribution is -2.38. The molecular formula is C14H22ClFN2O2. The van der Waals surface area contributed by atoms with Gasteiger partial charge in [-0.05, 0) is 19.2 Å². The Hall–Kier alpha value is -1.33. The third-order valence-electron chi connectivity index (χ3n) is 2.83. The molecule has 0 aromatic heterocycles. The average Bonchev–Trinajstić information content (AvgIpc) is 2.40. The number of halogens is 2. The van der Waals surface area contributed by atoms with Crippen LogP contribution in [-0.4, -0.2) is 44.6 Å². The average molecular weight is 305 g/mol. The van der Waals surface area contributed by atoms with Crippen LogP contribution in [-0.2, 0) is 4.79 Å². The predicted molar refractivity (Wildman–Crippen MR) is 79.9 cm³/mol. The zero-order valence-electron chi connectivity index (χ0n) is 12.1. The van der Waals surface area contributed by atoms with Crippen molar-refractivity contribution < 1.29 is 13.9 Å². The van der Waals surface area contributed by atoms with Gasteiger partial charge in [0.1, 0.15) is 6.61 Å². The zero-order chi connectivity index (χ0) is 14.3. The summed E-state index contributed by atoms with van der Waals surface area (Å²) in [6.45, 7) is 3.21. The molecule has 0 saturated heterocycles. The molecule has 1 N–H and O–H groups in total. The van der Waals surface area contributed by atoms with Crippen LogP contribution in [0.3, 0.4) is 0 Å². The Kier molecular flexibility index (Phi) is 8.92. The minimum Gasteiger partial charge on any atom is -0.489 e. The molecule has 1 amide bonds. The van der Waals surface area contributed by atoms with E-state index in [9.17, 15) is 9.18 Å². The van der Waals surface area contributed by atoms with E-state index < -0.39 is 0 Å². The van der Waals surface area contributed by atoms with Crippen molar-refractivity contribution in [1.29, 1.82) is 0 Å². The van der Waals surface area contributed by atoms with Crippen LogP contribution in [0.5, 0.6) is 5.75 Å². The van der Waals surface area contributed by atoms with Crippen LogP contribution < -0.4 is 10.1 Å². The largest absolute Gasteiger partial charge is 0.489 e. The maximum atomic E-state index is 13.3. The van der Waals surface area contributed by atoms with Gasteiger partial charge in [-0.2, -0.15) is 0 Å². The second-order valence-corrected chi connectivity index (χ2v) is 4.50. The quantitative estimate of drug-likeness (QED) is 0.837. The van der Waals surface area contributed by atoms with Gasteiger partial charge in [0, 0.05) is 19.5 Å². The van der Waals surface area contributed by atoms with Crippen molar-refractivity contribution in [1.82, 2.24) is 10.2 Å². The van der Waals surface area contributed by atoms with Crippen molar-refractivity contribution in [3.63, 3.8) is 0 Å². The van der Waals surface area contributed by atoms with Crippen molar-refractivity contribution in [2.24, 2.45) is 5.92 Å². The van der Waals surface area contributed by atoms with Gasteiger partial charge in [-0.15, -0.1) is 12.4 Å². The molecule has 0 heterocycles. The van der Waals surface area contributed by atoms with Gasteiger partial charge >= 0.3 is 0 Å². The maximum Gasteiger partial charge on any atom is 0.226 e. The molecule has 0 radical (unpaired) electrons. The molecule has 114 valence electrons. The molecule has 1 aromatic rings. The van der Waals surface area contributed by atoms with Crippen LogP contribution in [0, 0.1) is 11.7 Å². The molecule has 1 unspecified atom stereocenters. The van der Waals surface area contributed by atoms with E-state index in [4.69, 9.17) is 4.74 Å². The topological polar surface area (TPSA) is 41.6 Å². The lowest BCUT2D eigenvalue weighted by Gasteiger charge is -2.21. The predicted octanol–water partition coefficient (Wildman–Crippen LogP) is 1.94. The Morgan fingerprint density at radius 3 is 2.70 bits per heavy atom. The molecule has 0 aliphatic heterocycles. The van der Waals surface area contributed by atoms with E-state index in [0.29, 0.717) is 13.1 Å². The molecule has 4 nitrogen and oxygen atoms in total. The summed E-state index contributed by atoms with van der Waals surface area (Å²) >= 11 is 0. The molecule has 0 bridgehead atoms. The summed E-state index contributed by atoms with van der Waals surface area (Å²) < 4.78 is 18.6. The molecule has 6 heteroatoms. The molecule has 0 aliphatic rings. The van der Waals surface area contributed by atoms with Gasteiger partial charge in [-0.1, -0.05) is 19.1 Å². The highest BCUT2D eigenvalue weighted by atomic mass is 35.5. The van der Waals surface area contributed by atoms with E-state index in [1.165, 1.54) is 6.07 Å². The highest BCUT2D eigenvalue weighted by Crippen LogP contribution is 2.15. The standard InChI is InChI=1S/C14H21FN2O2.ClH/c1-11(10-16-2)14(18)17(3)8-9-19-13-7-5-4-6-12(13)15;/h4-7,11,16H,8-10H2,1-3H3;1H. The normalized spacial score (nSPS) is 11.4. The van der Waals surface area contributed by atoms with Gasteiger partial charge in [0.2, 0.25) is 5.91 Å². The number of hydrogen-bond donors (Lipinski definition) is 1. The summed E-state index contributed by atoms with van der Waals surface area (Å²) in [7, 11) is 3.53. The molecular weight excluding hydrogens is 283 g/mol. The summed E-state index contributed by atoms with van der Waals surface area (Å²) in [5.74, 6) is -0.207. The minimum atomic E-state index is -0.389. The van der Waals surface area contributed by atoms with Gasteiger partial charge < -0.3 is 15.0 Å². The van der Waals surface area contributed by atoms with Gasteiger partial charge in [0.15, 0.2) is 11.6 Å². The number of nitrogens with zero attached hydrogens (tertiary/aromatic N) is 1. The maximum absolute atomic E-state index is 13.3. The van der Waals surface area contributed by atoms with Crippen LogP contribution >= 0.6 is 12.4 Å². The third-order valence-corrected chi connectivity index (χ3v) is 2.83. The Balaban J connectivity index is 0.00000361. The zero-order valence-corrected chi connectivity index (χ0v) is 12.9. The Morgan fingerprint density at radius 2 is 2.10 bits per heavy atom. The van der Waals surface area contributed by atoms with E-state index in [1.807, 2.05) is 14.0 Å². The summed E-state index contributed by atoms with van der Waals surface area (Å²) in [5, 5.41) is 2.96. The number of nitrogens with one attached hydrogen (secondary N) is 1. The van der Waals surface area contributed by atoms with Crippen LogP contribution in [0.25, 0.3) is 0 Å². The highest BCUT2D eigenvalue weighted by molar-refractivity contribution is 5.85. The monoisotopic (exact) mass is 304 g/mol. The fraction of sp³-hybridized carbons (Fsp3) is 0.500. The molecule has 1 aromatic carbocycles. The first kappa shape index (κ1) is 18.7. The Bertz CT molecular complexity index is 418. The van der Waals surface area contributed by atoms with E-state index in [0.717, 1.165) is 0 Å². The lowest BCUT2D eigenvalue weighted by molar-refractivity contribution is -0.133. The van der Waals surface area contributed by atoms with Crippen molar-refractivity contribution >= 4 is 18.3 Å². The number of ether oxygens (including phenoxy) is 1. The minimum absolute atomic E-state index is 0. The summed E-state index contributed by atoms with van der Waals surface area (Å²) in [6.07, 6.45) is 0. The Morgan fingerprint density at radius 1 is 1.45 bits per heavy atom. The van der Waals surface area contributed by atoms with E-state index in [1.54, 1.807) is 30.1 Å². The molecule has 0 aliphatic carbocycles. The fourth-order valence-electron chi connectivity index (χ4n) is 1.73. The van der Waals surface area contributed by atoms with Crippen molar-refractivity contribution in [2.75, 3.05) is 33.8 Å².